The zero-order valence-corrected chi connectivity index (χ0v) is 18.9. The van der Waals surface area contributed by atoms with E-state index in [1.165, 1.54) is 0 Å². The zero-order chi connectivity index (χ0) is 22.7. The number of anilines is 2. The van der Waals surface area contributed by atoms with Gasteiger partial charge in [-0.1, -0.05) is 18.2 Å². The molecular formula is C25H28N4O3. The Morgan fingerprint density at radius 2 is 1.91 bits per heavy atom. The molecule has 1 unspecified atom stereocenters. The van der Waals surface area contributed by atoms with Crippen LogP contribution in [0.25, 0.3) is 0 Å². The molecule has 166 valence electrons. The molecule has 1 fully saturated rings. The predicted molar refractivity (Wildman–Crippen MR) is 124 cm³/mol. The van der Waals surface area contributed by atoms with Crippen LogP contribution in [0.1, 0.15) is 39.1 Å². The molecule has 0 spiro atoms. The van der Waals surface area contributed by atoms with E-state index in [4.69, 9.17) is 9.47 Å². The van der Waals surface area contributed by atoms with Crippen molar-refractivity contribution >= 4 is 17.4 Å². The van der Waals surface area contributed by atoms with Gasteiger partial charge in [0.2, 0.25) is 0 Å². The van der Waals surface area contributed by atoms with Crippen LogP contribution in [0.5, 0.6) is 5.75 Å². The van der Waals surface area contributed by atoms with Crippen LogP contribution in [-0.4, -0.2) is 47.6 Å². The second kappa shape index (κ2) is 9.36. The fraction of sp³-hybridized carbons (Fsp3) is 0.320. The molecule has 1 aliphatic heterocycles. The van der Waals surface area contributed by atoms with Gasteiger partial charge in [0.25, 0.3) is 5.91 Å². The van der Waals surface area contributed by atoms with Gasteiger partial charge in [-0.15, -0.1) is 0 Å². The van der Waals surface area contributed by atoms with Crippen LogP contribution < -0.4 is 10.1 Å². The highest BCUT2D eigenvalue weighted by Crippen LogP contribution is 2.29. The van der Waals surface area contributed by atoms with Gasteiger partial charge in [0.1, 0.15) is 17.7 Å². The van der Waals surface area contributed by atoms with Gasteiger partial charge in [-0.2, -0.15) is 0 Å². The first-order valence-corrected chi connectivity index (χ1v) is 10.7. The number of carbonyl (C=O) groups is 1. The number of hydrogen-bond acceptors (Lipinski definition) is 6. The van der Waals surface area contributed by atoms with Crippen LogP contribution in [-0.2, 0) is 4.74 Å². The maximum atomic E-state index is 13.3. The molecule has 3 heterocycles. The number of amides is 1. The summed E-state index contributed by atoms with van der Waals surface area (Å²) >= 11 is 0. The fourth-order valence-electron chi connectivity index (χ4n) is 3.97. The van der Waals surface area contributed by atoms with Crippen molar-refractivity contribution in [1.29, 1.82) is 0 Å². The lowest BCUT2D eigenvalue weighted by molar-refractivity contribution is -0.0248. The summed E-state index contributed by atoms with van der Waals surface area (Å²) in [5.41, 5.74) is 4.98. The second-order valence-corrected chi connectivity index (χ2v) is 7.98. The second-order valence-electron chi connectivity index (χ2n) is 7.98. The number of pyridine rings is 2. The molecule has 0 aliphatic carbocycles. The molecule has 0 saturated carbocycles. The minimum atomic E-state index is -0.311. The first-order chi connectivity index (χ1) is 15.4. The smallest absolute Gasteiger partial charge is 0.257 e. The van der Waals surface area contributed by atoms with Crippen molar-refractivity contribution in [2.45, 2.75) is 26.9 Å². The zero-order valence-electron chi connectivity index (χ0n) is 18.9. The lowest BCUT2D eigenvalue weighted by atomic mass is 10.1. The monoisotopic (exact) mass is 432 g/mol. The average molecular weight is 433 g/mol. The number of aromatic nitrogens is 2. The largest absolute Gasteiger partial charge is 0.496 e. The van der Waals surface area contributed by atoms with Crippen LogP contribution in [0.15, 0.2) is 48.5 Å². The van der Waals surface area contributed by atoms with Gasteiger partial charge in [0.15, 0.2) is 0 Å². The van der Waals surface area contributed by atoms with E-state index in [9.17, 15) is 4.79 Å². The molecule has 1 N–H and O–H groups in total. The molecule has 1 amide bonds. The number of aryl methyl sites for hydroxylation is 3. The van der Waals surface area contributed by atoms with Crippen molar-refractivity contribution < 1.29 is 14.3 Å². The third-order valence-corrected chi connectivity index (χ3v) is 5.46. The van der Waals surface area contributed by atoms with Crippen molar-refractivity contribution in [2.75, 3.05) is 32.1 Å². The van der Waals surface area contributed by atoms with E-state index in [0.29, 0.717) is 31.0 Å². The Morgan fingerprint density at radius 3 is 2.69 bits per heavy atom. The molecule has 1 aliphatic rings. The number of methoxy groups -OCH3 is 1. The maximum absolute atomic E-state index is 13.3. The highest BCUT2D eigenvalue weighted by atomic mass is 16.5. The van der Waals surface area contributed by atoms with E-state index in [2.05, 4.69) is 15.3 Å². The molecular weight excluding hydrogens is 404 g/mol. The van der Waals surface area contributed by atoms with Gasteiger partial charge in [-0.05, 0) is 56.7 Å². The third-order valence-electron chi connectivity index (χ3n) is 5.46. The molecule has 1 aromatic carbocycles. The highest BCUT2D eigenvalue weighted by molar-refractivity contribution is 5.97. The standard InChI is InChI=1S/C25H28N4O3/c1-16-7-5-9-20(24(16)31-4)25(30)29-11-12-32-22(15-29)21-14-19(13-18(3)26-21)28-23-10-6-8-17(2)27-23/h5-10,13-14,22H,11-12,15H2,1-4H3,(H,26,27,28). The number of benzene rings is 1. The minimum absolute atomic E-state index is 0.0613. The molecule has 1 atom stereocenters. The van der Waals surface area contributed by atoms with Gasteiger partial charge < -0.3 is 19.7 Å². The van der Waals surface area contributed by atoms with Crippen molar-refractivity contribution in [3.05, 3.63) is 76.7 Å². The predicted octanol–water partition coefficient (Wildman–Crippen LogP) is 4.37. The highest BCUT2D eigenvalue weighted by Gasteiger charge is 2.29. The van der Waals surface area contributed by atoms with E-state index in [0.717, 1.165) is 34.2 Å². The van der Waals surface area contributed by atoms with E-state index < -0.39 is 0 Å². The summed E-state index contributed by atoms with van der Waals surface area (Å²) < 4.78 is 11.5. The number of nitrogens with one attached hydrogen (secondary N) is 1. The molecule has 7 heteroatoms. The van der Waals surface area contributed by atoms with E-state index in [1.807, 2.05) is 68.1 Å². The van der Waals surface area contributed by atoms with Crippen molar-refractivity contribution in [3.63, 3.8) is 0 Å². The third kappa shape index (κ3) is 4.73. The number of nitrogens with zero attached hydrogens (tertiary/aromatic N) is 3. The van der Waals surface area contributed by atoms with E-state index in [1.54, 1.807) is 13.2 Å². The molecule has 0 bridgehead atoms. The fourth-order valence-corrected chi connectivity index (χ4v) is 3.97. The minimum Gasteiger partial charge on any atom is -0.496 e. The van der Waals surface area contributed by atoms with Crippen molar-refractivity contribution in [3.8, 4) is 5.75 Å². The average Bonchev–Trinajstić information content (AvgIpc) is 2.78. The Balaban J connectivity index is 1.55. The molecule has 0 radical (unpaired) electrons. The summed E-state index contributed by atoms with van der Waals surface area (Å²) in [5, 5.41) is 3.34. The molecule has 2 aromatic heterocycles. The van der Waals surface area contributed by atoms with E-state index in [-0.39, 0.29) is 12.0 Å². The lowest BCUT2D eigenvalue weighted by Gasteiger charge is -2.33. The first-order valence-electron chi connectivity index (χ1n) is 10.7. The van der Waals surface area contributed by atoms with Crippen molar-refractivity contribution in [2.24, 2.45) is 0 Å². The Kier molecular flexibility index (Phi) is 6.37. The number of para-hydroxylation sites is 1. The molecule has 1 saturated heterocycles. The maximum Gasteiger partial charge on any atom is 0.257 e. The number of hydrogen-bond donors (Lipinski definition) is 1. The Hall–Kier alpha value is -3.45. The Labute approximate surface area is 188 Å². The summed E-state index contributed by atoms with van der Waals surface area (Å²) in [5.74, 6) is 1.33. The van der Waals surface area contributed by atoms with Gasteiger partial charge in [-0.25, -0.2) is 4.98 Å². The van der Waals surface area contributed by atoms with Crippen LogP contribution in [0.2, 0.25) is 0 Å². The molecule has 4 rings (SSSR count). The summed E-state index contributed by atoms with van der Waals surface area (Å²) in [4.78, 5) is 24.3. The summed E-state index contributed by atoms with van der Waals surface area (Å²) in [7, 11) is 1.59. The lowest BCUT2D eigenvalue weighted by Crippen LogP contribution is -2.42. The summed E-state index contributed by atoms with van der Waals surface area (Å²) in [6.07, 6.45) is -0.311. The summed E-state index contributed by atoms with van der Waals surface area (Å²) in [6.45, 7) is 7.24. The van der Waals surface area contributed by atoms with Gasteiger partial charge in [0, 0.05) is 23.6 Å². The van der Waals surface area contributed by atoms with Crippen LogP contribution in [0.3, 0.4) is 0 Å². The number of morpholine rings is 1. The van der Waals surface area contributed by atoms with Gasteiger partial charge in [-0.3, -0.25) is 9.78 Å². The van der Waals surface area contributed by atoms with Gasteiger partial charge >= 0.3 is 0 Å². The number of carbonyl (C=O) groups excluding carboxylic acids is 1. The van der Waals surface area contributed by atoms with Crippen LogP contribution in [0, 0.1) is 20.8 Å². The topological polar surface area (TPSA) is 76.6 Å². The Bertz CT molecular complexity index is 1130. The SMILES string of the molecule is COc1c(C)cccc1C(=O)N1CCOC(c2cc(Nc3cccc(C)n3)cc(C)n2)C1. The van der Waals surface area contributed by atoms with Gasteiger partial charge in [0.05, 0.1) is 31.5 Å². The molecule has 7 nitrogen and oxygen atoms in total. The molecule has 3 aromatic rings. The number of ether oxygens (including phenoxy) is 2. The van der Waals surface area contributed by atoms with Crippen LogP contribution >= 0.6 is 0 Å². The quantitative estimate of drug-likeness (QED) is 0.645. The first kappa shape index (κ1) is 21.8. The van der Waals surface area contributed by atoms with E-state index >= 15 is 0 Å². The van der Waals surface area contributed by atoms with Crippen LogP contribution in [0.4, 0.5) is 11.5 Å². The molecule has 32 heavy (non-hydrogen) atoms. The van der Waals surface area contributed by atoms with Crippen molar-refractivity contribution in [1.82, 2.24) is 14.9 Å². The summed E-state index contributed by atoms with van der Waals surface area (Å²) in [6, 6.07) is 15.4. The normalized spacial score (nSPS) is 16.0. The Morgan fingerprint density at radius 1 is 1.09 bits per heavy atom. The number of rotatable bonds is 5.